The zero-order valence-electron chi connectivity index (χ0n) is 13.0. The monoisotopic (exact) mass is 295 g/mol. The van der Waals surface area contributed by atoms with Crippen LogP contribution in [0.2, 0.25) is 0 Å². The average Bonchev–Trinajstić information content (AvgIpc) is 2.42. The third kappa shape index (κ3) is 3.52. The Morgan fingerprint density at radius 1 is 1.14 bits per heavy atom. The molecule has 0 aliphatic rings. The summed E-state index contributed by atoms with van der Waals surface area (Å²) in [5, 5.41) is 11.7. The van der Waals surface area contributed by atoms with Crippen LogP contribution in [0.25, 0.3) is 0 Å². The number of carboxylic acid groups (broad SMARTS) is 1. The number of esters is 1. The molecule has 0 radical (unpaired) electrons. The number of carbonyl (C=O) groups is 2. The minimum absolute atomic E-state index is 0.128. The lowest BCUT2D eigenvalue weighted by atomic mass is 9.91. The number of hydrogen-bond acceptors (Lipinski definition) is 5. The van der Waals surface area contributed by atoms with Gasteiger partial charge in [-0.2, -0.15) is 0 Å². The molecule has 0 aliphatic carbocycles. The van der Waals surface area contributed by atoms with Gasteiger partial charge in [0, 0.05) is 12.7 Å². The highest BCUT2D eigenvalue weighted by atomic mass is 16.5. The van der Waals surface area contributed by atoms with Crippen LogP contribution in [0.3, 0.4) is 0 Å². The minimum atomic E-state index is -1.03. The van der Waals surface area contributed by atoms with E-state index in [2.05, 4.69) is 5.32 Å². The number of ether oxygens (including phenoxy) is 2. The molecule has 0 unspecified atom stereocenters. The van der Waals surface area contributed by atoms with Crippen LogP contribution in [0.15, 0.2) is 0 Å². The molecule has 21 heavy (non-hydrogen) atoms. The van der Waals surface area contributed by atoms with Gasteiger partial charge in [-0.25, -0.2) is 9.59 Å². The number of nitrogens with one attached hydrogen (secondary N) is 1. The lowest BCUT2D eigenvalue weighted by molar-refractivity contribution is -0.142. The van der Waals surface area contributed by atoms with Gasteiger partial charge < -0.3 is 19.9 Å². The molecule has 6 heteroatoms. The molecule has 0 saturated carbocycles. The Morgan fingerprint density at radius 3 is 2.24 bits per heavy atom. The van der Waals surface area contributed by atoms with Crippen LogP contribution in [0.1, 0.15) is 32.6 Å². The van der Waals surface area contributed by atoms with Crippen molar-refractivity contribution in [3.63, 3.8) is 0 Å². The van der Waals surface area contributed by atoms with Crippen LogP contribution in [0.5, 0.6) is 0 Å². The van der Waals surface area contributed by atoms with Gasteiger partial charge in [-0.3, -0.25) is 0 Å². The van der Waals surface area contributed by atoms with Gasteiger partial charge >= 0.3 is 11.9 Å². The Labute approximate surface area is 124 Å². The van der Waals surface area contributed by atoms with E-state index in [9.17, 15) is 9.59 Å². The summed E-state index contributed by atoms with van der Waals surface area (Å²) in [6.45, 7) is 5.32. The predicted octanol–water partition coefficient (Wildman–Crippen LogP) is 2.04. The fourth-order valence-corrected chi connectivity index (χ4v) is 2.51. The Bertz CT molecular complexity index is 566. The van der Waals surface area contributed by atoms with Crippen LogP contribution in [-0.2, 0) is 20.9 Å². The second-order valence-electron chi connectivity index (χ2n) is 4.73. The quantitative estimate of drug-likeness (QED) is 0.781. The van der Waals surface area contributed by atoms with Crippen LogP contribution in [-0.4, -0.2) is 37.8 Å². The number of anilines is 1. The Morgan fingerprint density at radius 2 is 1.76 bits per heavy atom. The van der Waals surface area contributed by atoms with E-state index in [-0.39, 0.29) is 13.2 Å². The third-order valence-corrected chi connectivity index (χ3v) is 3.52. The molecule has 0 heterocycles. The van der Waals surface area contributed by atoms with Crippen molar-refractivity contribution in [2.24, 2.45) is 0 Å². The van der Waals surface area contributed by atoms with Crippen molar-refractivity contribution in [2.75, 3.05) is 26.1 Å². The largest absolute Gasteiger partial charge is 0.480 e. The van der Waals surface area contributed by atoms with Gasteiger partial charge in [0.2, 0.25) is 0 Å². The molecule has 0 aliphatic heterocycles. The SMILES string of the molecule is CNc1c(C)c(COCC(=O)O)c(C)c(C(=O)OC)c1C. The number of methoxy groups -OCH3 is 1. The summed E-state index contributed by atoms with van der Waals surface area (Å²) in [7, 11) is 3.11. The average molecular weight is 295 g/mol. The van der Waals surface area contributed by atoms with Gasteiger partial charge in [-0.1, -0.05) is 0 Å². The highest BCUT2D eigenvalue weighted by Crippen LogP contribution is 2.31. The third-order valence-electron chi connectivity index (χ3n) is 3.52. The van der Waals surface area contributed by atoms with Crippen molar-refractivity contribution in [1.82, 2.24) is 0 Å². The molecule has 0 bridgehead atoms. The number of benzene rings is 1. The topological polar surface area (TPSA) is 84.9 Å². The van der Waals surface area contributed by atoms with Gasteiger partial charge in [-0.15, -0.1) is 0 Å². The van der Waals surface area contributed by atoms with E-state index in [1.54, 1.807) is 7.05 Å². The number of carboxylic acids is 1. The number of rotatable bonds is 6. The van der Waals surface area contributed by atoms with Gasteiger partial charge in [-0.05, 0) is 43.0 Å². The van der Waals surface area contributed by atoms with Crippen LogP contribution >= 0.6 is 0 Å². The molecule has 0 fully saturated rings. The number of hydrogen-bond donors (Lipinski definition) is 2. The van der Waals surface area contributed by atoms with Gasteiger partial charge in [0.1, 0.15) is 6.61 Å². The van der Waals surface area contributed by atoms with Crippen LogP contribution in [0.4, 0.5) is 5.69 Å². The van der Waals surface area contributed by atoms with E-state index in [1.165, 1.54) is 7.11 Å². The van der Waals surface area contributed by atoms with Crippen molar-refractivity contribution in [3.8, 4) is 0 Å². The van der Waals surface area contributed by atoms with Crippen molar-refractivity contribution >= 4 is 17.6 Å². The maximum Gasteiger partial charge on any atom is 0.338 e. The lowest BCUT2D eigenvalue weighted by Crippen LogP contribution is -2.15. The summed E-state index contributed by atoms with van der Waals surface area (Å²) < 4.78 is 10.0. The molecule has 1 aromatic carbocycles. The first-order valence-electron chi connectivity index (χ1n) is 6.53. The highest BCUT2D eigenvalue weighted by Gasteiger charge is 2.21. The van der Waals surface area contributed by atoms with Gasteiger partial charge in [0.25, 0.3) is 0 Å². The molecule has 2 N–H and O–H groups in total. The summed E-state index contributed by atoms with van der Waals surface area (Å²) in [4.78, 5) is 22.5. The summed E-state index contributed by atoms with van der Waals surface area (Å²) in [5.41, 5.74) is 4.61. The summed E-state index contributed by atoms with van der Waals surface area (Å²) in [5.74, 6) is -1.44. The first-order valence-corrected chi connectivity index (χ1v) is 6.53. The van der Waals surface area contributed by atoms with Crippen molar-refractivity contribution in [3.05, 3.63) is 27.8 Å². The van der Waals surface area contributed by atoms with E-state index in [4.69, 9.17) is 14.6 Å². The van der Waals surface area contributed by atoms with E-state index in [0.29, 0.717) is 5.56 Å². The minimum Gasteiger partial charge on any atom is -0.480 e. The standard InChI is InChI=1S/C15H21NO5/c1-8-11(6-21-7-12(17)18)9(2)14(16-4)10(3)13(8)15(19)20-5/h16H,6-7H2,1-5H3,(H,17,18). The van der Waals surface area contributed by atoms with E-state index in [1.807, 2.05) is 20.8 Å². The first kappa shape index (κ1) is 17.0. The van der Waals surface area contributed by atoms with Gasteiger partial charge in [0.15, 0.2) is 0 Å². The normalized spacial score (nSPS) is 10.3. The molecule has 0 atom stereocenters. The Hall–Kier alpha value is -2.08. The maximum atomic E-state index is 12.0. The van der Waals surface area contributed by atoms with Crippen molar-refractivity contribution < 1.29 is 24.2 Å². The Kier molecular flexibility index (Phi) is 5.72. The summed E-state index contributed by atoms with van der Waals surface area (Å²) in [6, 6.07) is 0. The summed E-state index contributed by atoms with van der Waals surface area (Å²) in [6.07, 6.45) is 0. The van der Waals surface area contributed by atoms with E-state index in [0.717, 1.165) is 27.9 Å². The molecule has 6 nitrogen and oxygen atoms in total. The van der Waals surface area contributed by atoms with Crippen molar-refractivity contribution in [1.29, 1.82) is 0 Å². The molecular formula is C15H21NO5. The molecule has 116 valence electrons. The fourth-order valence-electron chi connectivity index (χ4n) is 2.51. The Balaban J connectivity index is 3.35. The van der Waals surface area contributed by atoms with Gasteiger partial charge in [0.05, 0.1) is 19.3 Å². The molecule has 1 aromatic rings. The highest BCUT2D eigenvalue weighted by molar-refractivity contribution is 5.95. The maximum absolute atomic E-state index is 12.0. The number of carbonyl (C=O) groups excluding carboxylic acids is 1. The summed E-state index contributed by atoms with van der Waals surface area (Å²) >= 11 is 0. The zero-order chi connectivity index (χ0) is 16.2. The molecule has 0 spiro atoms. The molecule has 0 aromatic heterocycles. The zero-order valence-corrected chi connectivity index (χ0v) is 13.0. The molecule has 0 saturated heterocycles. The van der Waals surface area contributed by atoms with Crippen LogP contribution in [0, 0.1) is 20.8 Å². The first-order chi connectivity index (χ1) is 9.84. The second-order valence-corrected chi connectivity index (χ2v) is 4.73. The smallest absolute Gasteiger partial charge is 0.338 e. The van der Waals surface area contributed by atoms with Crippen LogP contribution < -0.4 is 5.32 Å². The predicted molar refractivity (Wildman–Crippen MR) is 78.8 cm³/mol. The van der Waals surface area contributed by atoms with E-state index < -0.39 is 11.9 Å². The molecular weight excluding hydrogens is 274 g/mol. The fraction of sp³-hybridized carbons (Fsp3) is 0.467. The van der Waals surface area contributed by atoms with Crippen molar-refractivity contribution in [2.45, 2.75) is 27.4 Å². The lowest BCUT2D eigenvalue weighted by Gasteiger charge is -2.20. The molecule has 0 amide bonds. The molecule has 1 rings (SSSR count). The number of aliphatic carboxylic acids is 1. The second kappa shape index (κ2) is 7.08. The van der Waals surface area contributed by atoms with E-state index >= 15 is 0 Å².